The number of aromatic nitrogens is 4. The van der Waals surface area contributed by atoms with Gasteiger partial charge in [0, 0.05) is 25.5 Å². The number of hydrogen-bond donors (Lipinski definition) is 0. The van der Waals surface area contributed by atoms with Crippen LogP contribution in [0.1, 0.15) is 12.8 Å². The Balaban J connectivity index is 1.69. The molecule has 2 aromatic rings. The Bertz CT molecular complexity index is 407. The average Bonchev–Trinajstić information content (AvgIpc) is 2.83. The fourth-order valence-electron chi connectivity index (χ4n) is 1.50. The highest BCUT2D eigenvalue weighted by atomic mass is 35.5. The molecule has 16 heavy (non-hydrogen) atoms. The summed E-state index contributed by atoms with van der Waals surface area (Å²) in [6, 6.07) is 0. The molecule has 0 fully saturated rings. The van der Waals surface area contributed by atoms with Crippen LogP contribution in [0.2, 0.25) is 10.3 Å². The molecule has 4 nitrogen and oxygen atoms in total. The molecule has 2 heterocycles. The molecule has 86 valence electrons. The number of aryl methyl sites for hydroxylation is 2. The Morgan fingerprint density at radius 3 is 1.62 bits per heavy atom. The maximum absolute atomic E-state index is 5.71. The summed E-state index contributed by atoms with van der Waals surface area (Å²) in [5, 5.41) is 1.09. The summed E-state index contributed by atoms with van der Waals surface area (Å²) in [7, 11) is 0. The van der Waals surface area contributed by atoms with Crippen molar-refractivity contribution in [2.24, 2.45) is 0 Å². The molecule has 0 N–H and O–H groups in total. The molecule has 0 spiro atoms. The largest absolute Gasteiger partial charge is 0.336 e. The van der Waals surface area contributed by atoms with E-state index in [1.807, 2.05) is 21.5 Å². The van der Waals surface area contributed by atoms with Crippen LogP contribution in [-0.2, 0) is 13.1 Å². The second-order valence-electron chi connectivity index (χ2n) is 3.58. The smallest absolute Gasteiger partial charge is 0.146 e. The predicted molar refractivity (Wildman–Crippen MR) is 63.7 cm³/mol. The Hall–Kier alpha value is -1.00. The van der Waals surface area contributed by atoms with Crippen molar-refractivity contribution in [2.75, 3.05) is 0 Å². The van der Waals surface area contributed by atoms with Gasteiger partial charge in [-0.1, -0.05) is 23.2 Å². The zero-order valence-corrected chi connectivity index (χ0v) is 10.2. The Labute approximate surface area is 104 Å². The fraction of sp³-hybridized carbons (Fsp3) is 0.400. The van der Waals surface area contributed by atoms with E-state index in [2.05, 4.69) is 9.97 Å². The Morgan fingerprint density at radius 1 is 0.875 bits per heavy atom. The summed E-state index contributed by atoms with van der Waals surface area (Å²) < 4.78 is 3.98. The topological polar surface area (TPSA) is 35.6 Å². The van der Waals surface area contributed by atoms with E-state index in [0.29, 0.717) is 10.3 Å². The summed E-state index contributed by atoms with van der Waals surface area (Å²) in [6.45, 7) is 1.87. The fourth-order valence-corrected chi connectivity index (χ4v) is 1.84. The average molecular weight is 259 g/mol. The molecule has 0 saturated heterocycles. The molecular weight excluding hydrogens is 247 g/mol. The van der Waals surface area contributed by atoms with Gasteiger partial charge < -0.3 is 9.13 Å². The lowest BCUT2D eigenvalue weighted by Gasteiger charge is -2.02. The van der Waals surface area contributed by atoms with E-state index in [9.17, 15) is 0 Å². The quantitative estimate of drug-likeness (QED) is 0.774. The van der Waals surface area contributed by atoms with Gasteiger partial charge in [-0.25, -0.2) is 9.97 Å². The van der Waals surface area contributed by atoms with Crippen LogP contribution in [0.4, 0.5) is 0 Å². The van der Waals surface area contributed by atoms with Crippen molar-refractivity contribution in [1.82, 2.24) is 19.1 Å². The number of imidazole rings is 2. The normalized spacial score (nSPS) is 10.9. The molecule has 2 rings (SSSR count). The van der Waals surface area contributed by atoms with E-state index in [0.717, 1.165) is 25.9 Å². The van der Waals surface area contributed by atoms with E-state index in [1.54, 1.807) is 12.7 Å². The van der Waals surface area contributed by atoms with E-state index in [4.69, 9.17) is 23.2 Å². The molecule has 0 amide bonds. The first-order valence-electron chi connectivity index (χ1n) is 5.08. The SMILES string of the molecule is Clc1cn(CCCCn2cnc(Cl)c2)cn1. The molecule has 0 saturated carbocycles. The highest BCUT2D eigenvalue weighted by molar-refractivity contribution is 6.29. The van der Waals surface area contributed by atoms with Crippen LogP contribution in [0.3, 0.4) is 0 Å². The monoisotopic (exact) mass is 258 g/mol. The van der Waals surface area contributed by atoms with Crippen LogP contribution in [0.25, 0.3) is 0 Å². The van der Waals surface area contributed by atoms with Crippen molar-refractivity contribution in [3.8, 4) is 0 Å². The molecule has 0 aliphatic carbocycles. The molecular formula is C10H12Cl2N4. The van der Waals surface area contributed by atoms with Crippen molar-refractivity contribution in [1.29, 1.82) is 0 Å². The van der Waals surface area contributed by atoms with Gasteiger partial charge in [0.2, 0.25) is 0 Å². The second-order valence-corrected chi connectivity index (χ2v) is 4.35. The van der Waals surface area contributed by atoms with Gasteiger partial charge in [0.1, 0.15) is 10.3 Å². The van der Waals surface area contributed by atoms with Crippen molar-refractivity contribution >= 4 is 23.2 Å². The number of halogens is 2. The lowest BCUT2D eigenvalue weighted by molar-refractivity contribution is 0.552. The van der Waals surface area contributed by atoms with Crippen molar-refractivity contribution in [3.63, 3.8) is 0 Å². The summed E-state index contributed by atoms with van der Waals surface area (Å²) in [5.74, 6) is 0. The second kappa shape index (κ2) is 5.37. The maximum atomic E-state index is 5.71. The van der Waals surface area contributed by atoms with Crippen molar-refractivity contribution < 1.29 is 0 Å². The zero-order valence-electron chi connectivity index (χ0n) is 8.68. The van der Waals surface area contributed by atoms with Crippen LogP contribution in [0.5, 0.6) is 0 Å². The first kappa shape index (κ1) is 11.5. The molecule has 0 bridgehead atoms. The lowest BCUT2D eigenvalue weighted by Crippen LogP contribution is -1.98. The first-order valence-corrected chi connectivity index (χ1v) is 5.84. The maximum Gasteiger partial charge on any atom is 0.146 e. The number of hydrogen-bond acceptors (Lipinski definition) is 2. The van der Waals surface area contributed by atoms with Gasteiger partial charge in [-0.3, -0.25) is 0 Å². The molecule has 0 aliphatic rings. The highest BCUT2D eigenvalue weighted by Gasteiger charge is 1.97. The molecule has 0 atom stereocenters. The minimum absolute atomic E-state index is 0.543. The summed E-state index contributed by atoms with van der Waals surface area (Å²) in [4.78, 5) is 7.91. The Kier molecular flexibility index (Phi) is 3.85. The van der Waals surface area contributed by atoms with Crippen LogP contribution in [0.15, 0.2) is 25.0 Å². The van der Waals surface area contributed by atoms with E-state index in [1.165, 1.54) is 0 Å². The molecule has 6 heteroatoms. The molecule has 0 unspecified atom stereocenters. The summed E-state index contributed by atoms with van der Waals surface area (Å²) in [5.41, 5.74) is 0. The first-order chi connectivity index (χ1) is 7.74. The molecule has 2 aromatic heterocycles. The predicted octanol–water partition coefficient (Wildman–Crippen LogP) is 2.87. The van der Waals surface area contributed by atoms with Gasteiger partial charge in [0.15, 0.2) is 0 Å². The highest BCUT2D eigenvalue weighted by Crippen LogP contribution is 2.07. The Morgan fingerprint density at radius 2 is 1.31 bits per heavy atom. The van der Waals surface area contributed by atoms with Crippen LogP contribution in [-0.4, -0.2) is 19.1 Å². The molecule has 0 radical (unpaired) electrons. The summed E-state index contributed by atoms with van der Waals surface area (Å²) in [6.07, 6.45) is 9.29. The van der Waals surface area contributed by atoms with Gasteiger partial charge in [-0.2, -0.15) is 0 Å². The zero-order chi connectivity index (χ0) is 11.4. The van der Waals surface area contributed by atoms with Crippen LogP contribution in [0, 0.1) is 0 Å². The van der Waals surface area contributed by atoms with Crippen LogP contribution >= 0.6 is 23.2 Å². The minimum Gasteiger partial charge on any atom is -0.336 e. The summed E-state index contributed by atoms with van der Waals surface area (Å²) >= 11 is 11.4. The third kappa shape index (κ3) is 3.25. The minimum atomic E-state index is 0.543. The molecule has 0 aromatic carbocycles. The number of unbranched alkanes of at least 4 members (excludes halogenated alkanes) is 1. The van der Waals surface area contributed by atoms with Gasteiger partial charge in [-0.15, -0.1) is 0 Å². The van der Waals surface area contributed by atoms with Crippen LogP contribution < -0.4 is 0 Å². The van der Waals surface area contributed by atoms with Gasteiger partial charge >= 0.3 is 0 Å². The van der Waals surface area contributed by atoms with E-state index >= 15 is 0 Å². The van der Waals surface area contributed by atoms with E-state index in [-0.39, 0.29) is 0 Å². The van der Waals surface area contributed by atoms with Gasteiger partial charge in [-0.05, 0) is 12.8 Å². The third-order valence-electron chi connectivity index (χ3n) is 2.29. The lowest BCUT2D eigenvalue weighted by atomic mass is 10.3. The number of rotatable bonds is 5. The van der Waals surface area contributed by atoms with Crippen molar-refractivity contribution in [2.45, 2.75) is 25.9 Å². The number of nitrogens with zero attached hydrogens (tertiary/aromatic N) is 4. The molecule has 0 aliphatic heterocycles. The van der Waals surface area contributed by atoms with Gasteiger partial charge in [0.05, 0.1) is 12.7 Å². The van der Waals surface area contributed by atoms with Crippen molar-refractivity contribution in [3.05, 3.63) is 35.4 Å². The van der Waals surface area contributed by atoms with Gasteiger partial charge in [0.25, 0.3) is 0 Å². The third-order valence-corrected chi connectivity index (χ3v) is 2.68. The van der Waals surface area contributed by atoms with E-state index < -0.39 is 0 Å². The standard InChI is InChI=1S/C10H12Cl2N4/c11-9-5-15(7-13-9)3-1-2-4-16-6-10(12)14-8-16/h5-8H,1-4H2.